The summed E-state index contributed by atoms with van der Waals surface area (Å²) in [6.45, 7) is 8.58. The Balaban J connectivity index is 2.68. The zero-order valence-corrected chi connectivity index (χ0v) is 11.5. The standard InChI is InChI=1S/C16H17Cl/c1-10-5-6-14(17)9-16(10)15-8-12(3)11(2)7-13(15)4/h5-9H,1-4H3. The van der Waals surface area contributed by atoms with Crippen molar-refractivity contribution >= 4 is 11.6 Å². The van der Waals surface area contributed by atoms with Crippen LogP contribution in [0.2, 0.25) is 5.02 Å². The number of benzene rings is 2. The Morgan fingerprint density at radius 1 is 0.647 bits per heavy atom. The lowest BCUT2D eigenvalue weighted by atomic mass is 9.93. The van der Waals surface area contributed by atoms with Crippen LogP contribution < -0.4 is 0 Å². The minimum absolute atomic E-state index is 0.795. The van der Waals surface area contributed by atoms with E-state index < -0.39 is 0 Å². The van der Waals surface area contributed by atoms with E-state index in [1.807, 2.05) is 12.1 Å². The van der Waals surface area contributed by atoms with Crippen molar-refractivity contribution in [2.75, 3.05) is 0 Å². The fraction of sp³-hybridized carbons (Fsp3) is 0.250. The Labute approximate surface area is 108 Å². The molecule has 0 bridgehead atoms. The molecule has 88 valence electrons. The van der Waals surface area contributed by atoms with E-state index in [4.69, 9.17) is 11.6 Å². The first-order valence-electron chi connectivity index (χ1n) is 5.83. The molecule has 2 rings (SSSR count). The van der Waals surface area contributed by atoms with Gasteiger partial charge in [0.2, 0.25) is 0 Å². The lowest BCUT2D eigenvalue weighted by Gasteiger charge is -2.12. The molecule has 0 heterocycles. The number of halogens is 1. The van der Waals surface area contributed by atoms with E-state index in [1.54, 1.807) is 0 Å². The second-order valence-corrected chi connectivity index (χ2v) is 5.15. The SMILES string of the molecule is Cc1cc(C)c(-c2cc(Cl)ccc2C)cc1C. The third-order valence-corrected chi connectivity index (χ3v) is 3.57. The van der Waals surface area contributed by atoms with Gasteiger partial charge in [-0.3, -0.25) is 0 Å². The summed E-state index contributed by atoms with van der Waals surface area (Å²) in [6.07, 6.45) is 0. The average Bonchev–Trinajstić information content (AvgIpc) is 2.27. The molecule has 0 spiro atoms. The highest BCUT2D eigenvalue weighted by Crippen LogP contribution is 2.30. The van der Waals surface area contributed by atoms with E-state index in [0.717, 1.165) is 5.02 Å². The fourth-order valence-electron chi connectivity index (χ4n) is 2.14. The van der Waals surface area contributed by atoms with Gasteiger partial charge in [0.25, 0.3) is 0 Å². The van der Waals surface area contributed by atoms with E-state index in [1.165, 1.54) is 33.4 Å². The summed E-state index contributed by atoms with van der Waals surface area (Å²) < 4.78 is 0. The normalized spacial score (nSPS) is 10.6. The number of hydrogen-bond donors (Lipinski definition) is 0. The van der Waals surface area contributed by atoms with Crippen molar-refractivity contribution in [3.8, 4) is 11.1 Å². The molecule has 0 saturated carbocycles. The van der Waals surface area contributed by atoms with Crippen LogP contribution in [0.4, 0.5) is 0 Å². The molecule has 0 N–H and O–H groups in total. The van der Waals surface area contributed by atoms with E-state index >= 15 is 0 Å². The van der Waals surface area contributed by atoms with Crippen molar-refractivity contribution in [2.45, 2.75) is 27.7 Å². The van der Waals surface area contributed by atoms with Gasteiger partial charge < -0.3 is 0 Å². The van der Waals surface area contributed by atoms with Gasteiger partial charge in [0.1, 0.15) is 0 Å². The summed E-state index contributed by atoms with van der Waals surface area (Å²) in [5.74, 6) is 0. The van der Waals surface area contributed by atoms with Crippen LogP contribution in [0, 0.1) is 27.7 Å². The number of aryl methyl sites for hydroxylation is 4. The minimum Gasteiger partial charge on any atom is -0.0843 e. The summed E-state index contributed by atoms with van der Waals surface area (Å²) in [6, 6.07) is 10.6. The Morgan fingerprint density at radius 3 is 1.94 bits per heavy atom. The summed E-state index contributed by atoms with van der Waals surface area (Å²) in [5, 5.41) is 0.795. The maximum absolute atomic E-state index is 6.09. The Morgan fingerprint density at radius 2 is 1.24 bits per heavy atom. The van der Waals surface area contributed by atoms with Gasteiger partial charge in [-0.05, 0) is 73.2 Å². The largest absolute Gasteiger partial charge is 0.0843 e. The molecule has 0 aromatic heterocycles. The summed E-state index contributed by atoms with van der Waals surface area (Å²) >= 11 is 6.09. The third kappa shape index (κ3) is 2.37. The molecule has 0 nitrogen and oxygen atoms in total. The van der Waals surface area contributed by atoms with Gasteiger partial charge in [0.15, 0.2) is 0 Å². The average molecular weight is 245 g/mol. The van der Waals surface area contributed by atoms with Crippen molar-refractivity contribution in [2.24, 2.45) is 0 Å². The zero-order valence-electron chi connectivity index (χ0n) is 10.8. The highest BCUT2D eigenvalue weighted by molar-refractivity contribution is 6.30. The molecule has 0 saturated heterocycles. The van der Waals surface area contributed by atoms with Gasteiger partial charge in [-0.2, -0.15) is 0 Å². The fourth-order valence-corrected chi connectivity index (χ4v) is 2.31. The van der Waals surface area contributed by atoms with Gasteiger partial charge in [0, 0.05) is 5.02 Å². The van der Waals surface area contributed by atoms with Crippen LogP contribution in [-0.2, 0) is 0 Å². The van der Waals surface area contributed by atoms with Crippen LogP contribution >= 0.6 is 11.6 Å². The van der Waals surface area contributed by atoms with E-state index in [9.17, 15) is 0 Å². The topological polar surface area (TPSA) is 0 Å². The molecule has 0 aliphatic carbocycles. The van der Waals surface area contributed by atoms with Crippen LogP contribution in [0.1, 0.15) is 22.3 Å². The highest BCUT2D eigenvalue weighted by Gasteiger charge is 2.07. The van der Waals surface area contributed by atoms with Crippen molar-refractivity contribution < 1.29 is 0 Å². The molecule has 0 atom stereocenters. The molecule has 0 amide bonds. The second-order valence-electron chi connectivity index (χ2n) is 4.71. The summed E-state index contributed by atoms with van der Waals surface area (Å²) in [7, 11) is 0. The molecule has 0 aliphatic rings. The van der Waals surface area contributed by atoms with Crippen LogP contribution in [-0.4, -0.2) is 0 Å². The van der Waals surface area contributed by atoms with Gasteiger partial charge in [-0.1, -0.05) is 29.8 Å². The van der Waals surface area contributed by atoms with Crippen LogP contribution in [0.15, 0.2) is 30.3 Å². The molecule has 0 fully saturated rings. The molecule has 2 aromatic carbocycles. The zero-order chi connectivity index (χ0) is 12.6. The highest BCUT2D eigenvalue weighted by atomic mass is 35.5. The molecule has 0 unspecified atom stereocenters. The van der Waals surface area contributed by atoms with Crippen LogP contribution in [0.25, 0.3) is 11.1 Å². The Bertz CT molecular complexity index is 568. The van der Waals surface area contributed by atoms with Crippen molar-refractivity contribution in [1.29, 1.82) is 0 Å². The van der Waals surface area contributed by atoms with Gasteiger partial charge in [-0.25, -0.2) is 0 Å². The molecule has 0 radical (unpaired) electrons. The Kier molecular flexibility index (Phi) is 3.26. The quantitative estimate of drug-likeness (QED) is 0.644. The molecule has 17 heavy (non-hydrogen) atoms. The molecular weight excluding hydrogens is 228 g/mol. The predicted octanol–water partition coefficient (Wildman–Crippen LogP) is 5.24. The van der Waals surface area contributed by atoms with E-state index in [2.05, 4.69) is 45.9 Å². The maximum Gasteiger partial charge on any atom is 0.0412 e. The number of rotatable bonds is 1. The molecule has 1 heteroatoms. The Hall–Kier alpha value is -1.27. The summed E-state index contributed by atoms with van der Waals surface area (Å²) in [4.78, 5) is 0. The van der Waals surface area contributed by atoms with Crippen molar-refractivity contribution in [1.82, 2.24) is 0 Å². The summed E-state index contributed by atoms with van der Waals surface area (Å²) in [5.41, 5.74) is 7.75. The monoisotopic (exact) mass is 244 g/mol. The first-order chi connectivity index (χ1) is 7.99. The lowest BCUT2D eigenvalue weighted by Crippen LogP contribution is -1.91. The first-order valence-corrected chi connectivity index (χ1v) is 6.21. The smallest absolute Gasteiger partial charge is 0.0412 e. The number of hydrogen-bond acceptors (Lipinski definition) is 0. The van der Waals surface area contributed by atoms with Crippen molar-refractivity contribution in [3.05, 3.63) is 57.6 Å². The molecule has 0 aliphatic heterocycles. The van der Waals surface area contributed by atoms with E-state index in [0.29, 0.717) is 0 Å². The molecule has 2 aromatic rings. The van der Waals surface area contributed by atoms with E-state index in [-0.39, 0.29) is 0 Å². The lowest BCUT2D eigenvalue weighted by molar-refractivity contribution is 1.29. The molecular formula is C16H17Cl. The first kappa shape index (κ1) is 12.2. The van der Waals surface area contributed by atoms with Gasteiger partial charge >= 0.3 is 0 Å². The van der Waals surface area contributed by atoms with Crippen molar-refractivity contribution in [3.63, 3.8) is 0 Å². The van der Waals surface area contributed by atoms with Crippen LogP contribution in [0.5, 0.6) is 0 Å². The third-order valence-electron chi connectivity index (χ3n) is 3.33. The maximum atomic E-state index is 6.09. The predicted molar refractivity (Wildman–Crippen MR) is 75.8 cm³/mol. The van der Waals surface area contributed by atoms with Gasteiger partial charge in [0.05, 0.1) is 0 Å². The second kappa shape index (κ2) is 4.54. The minimum atomic E-state index is 0.795. The van der Waals surface area contributed by atoms with Crippen LogP contribution in [0.3, 0.4) is 0 Å². The van der Waals surface area contributed by atoms with Gasteiger partial charge in [-0.15, -0.1) is 0 Å².